The van der Waals surface area contributed by atoms with Crippen LogP contribution in [0, 0.1) is 0 Å². The second-order valence-electron chi connectivity index (χ2n) is 5.18. The predicted octanol–water partition coefficient (Wildman–Crippen LogP) is -0.116. The number of para-hydroxylation sites is 1. The summed E-state index contributed by atoms with van der Waals surface area (Å²) in [6, 6.07) is 6.65. The molecule has 22 heavy (non-hydrogen) atoms. The number of fused-ring (bicyclic) bond motifs is 3. The van der Waals surface area contributed by atoms with Crippen LogP contribution >= 0.6 is 0 Å². The fraction of sp³-hybridized carbons (Fsp3) is 0.286. The summed E-state index contributed by atoms with van der Waals surface area (Å²) in [5.41, 5.74) is 7.05. The number of nitrogens with one attached hydrogen (secondary N) is 1. The molecule has 114 valence electrons. The van der Waals surface area contributed by atoms with E-state index in [2.05, 4.69) is 15.5 Å². The molecular formula is C14H16N6O2. The van der Waals surface area contributed by atoms with E-state index in [0.717, 1.165) is 5.56 Å². The van der Waals surface area contributed by atoms with E-state index in [-0.39, 0.29) is 5.91 Å². The van der Waals surface area contributed by atoms with Gasteiger partial charge in [0.15, 0.2) is 12.0 Å². The van der Waals surface area contributed by atoms with Crippen LogP contribution < -0.4 is 16.0 Å². The second kappa shape index (κ2) is 5.23. The third-order valence-corrected chi connectivity index (χ3v) is 3.61. The lowest BCUT2D eigenvalue weighted by Crippen LogP contribution is -2.48. The van der Waals surface area contributed by atoms with Gasteiger partial charge in [-0.1, -0.05) is 12.1 Å². The van der Waals surface area contributed by atoms with Crippen molar-refractivity contribution in [1.29, 1.82) is 0 Å². The number of amides is 2. The SMILES string of the molecule is C[C@H](N)C(=O)NC1C(=O)N(C)c2ccccc2-c2nncn21. The average molecular weight is 300 g/mol. The van der Waals surface area contributed by atoms with E-state index in [1.807, 2.05) is 24.3 Å². The lowest BCUT2D eigenvalue weighted by Gasteiger charge is -2.23. The van der Waals surface area contributed by atoms with Gasteiger partial charge in [0.25, 0.3) is 5.91 Å². The van der Waals surface area contributed by atoms with Crippen molar-refractivity contribution in [2.24, 2.45) is 5.73 Å². The molecule has 1 aromatic heterocycles. The van der Waals surface area contributed by atoms with Gasteiger partial charge in [-0.3, -0.25) is 14.2 Å². The largest absolute Gasteiger partial charge is 0.326 e. The molecular weight excluding hydrogens is 284 g/mol. The van der Waals surface area contributed by atoms with Gasteiger partial charge in [-0.05, 0) is 19.1 Å². The van der Waals surface area contributed by atoms with Gasteiger partial charge in [0.05, 0.1) is 11.7 Å². The second-order valence-corrected chi connectivity index (χ2v) is 5.18. The zero-order valence-corrected chi connectivity index (χ0v) is 12.2. The number of benzene rings is 1. The summed E-state index contributed by atoms with van der Waals surface area (Å²) in [5, 5.41) is 10.6. The van der Waals surface area contributed by atoms with E-state index in [4.69, 9.17) is 5.73 Å². The lowest BCUT2D eigenvalue weighted by molar-refractivity contribution is -0.129. The highest BCUT2D eigenvalue weighted by atomic mass is 16.2. The minimum Gasteiger partial charge on any atom is -0.326 e. The lowest BCUT2D eigenvalue weighted by atomic mass is 10.1. The molecule has 2 aromatic rings. The quantitative estimate of drug-likeness (QED) is 0.804. The molecule has 2 heterocycles. The molecule has 8 nitrogen and oxygen atoms in total. The molecule has 3 N–H and O–H groups in total. The molecule has 0 saturated carbocycles. The molecule has 1 unspecified atom stereocenters. The van der Waals surface area contributed by atoms with Gasteiger partial charge in [-0.25, -0.2) is 0 Å². The summed E-state index contributed by atoms with van der Waals surface area (Å²) in [6.07, 6.45) is 0.496. The van der Waals surface area contributed by atoms with Crippen molar-refractivity contribution in [3.05, 3.63) is 30.6 Å². The Kier molecular flexibility index (Phi) is 3.38. The first-order valence-corrected chi connectivity index (χ1v) is 6.83. The number of hydrogen-bond acceptors (Lipinski definition) is 5. The minimum absolute atomic E-state index is 0.292. The molecule has 0 saturated heterocycles. The van der Waals surface area contributed by atoms with E-state index in [1.165, 1.54) is 11.2 Å². The number of nitrogens with zero attached hydrogens (tertiary/aromatic N) is 4. The van der Waals surface area contributed by atoms with Crippen LogP contribution in [0.1, 0.15) is 13.1 Å². The Labute approximate surface area is 126 Å². The van der Waals surface area contributed by atoms with E-state index < -0.39 is 18.1 Å². The third-order valence-electron chi connectivity index (χ3n) is 3.61. The summed E-state index contributed by atoms with van der Waals surface area (Å²) in [6.45, 7) is 1.56. The first-order valence-electron chi connectivity index (χ1n) is 6.83. The Bertz CT molecular complexity index is 738. The Morgan fingerprint density at radius 3 is 2.86 bits per heavy atom. The van der Waals surface area contributed by atoms with Crippen molar-refractivity contribution < 1.29 is 9.59 Å². The fourth-order valence-electron chi connectivity index (χ4n) is 2.40. The highest BCUT2D eigenvalue weighted by Gasteiger charge is 2.34. The maximum Gasteiger partial charge on any atom is 0.270 e. The first kappa shape index (κ1) is 14.2. The zero-order valence-electron chi connectivity index (χ0n) is 12.2. The molecule has 0 aliphatic carbocycles. The van der Waals surface area contributed by atoms with Gasteiger partial charge in [0.1, 0.15) is 6.33 Å². The summed E-state index contributed by atoms with van der Waals surface area (Å²) in [4.78, 5) is 26.1. The van der Waals surface area contributed by atoms with Crippen LogP contribution in [0.3, 0.4) is 0 Å². The minimum atomic E-state index is -0.930. The van der Waals surface area contributed by atoms with Gasteiger partial charge in [-0.2, -0.15) is 0 Å². The number of nitrogens with two attached hydrogens (primary N) is 1. The van der Waals surface area contributed by atoms with E-state index in [0.29, 0.717) is 11.5 Å². The summed E-state index contributed by atoms with van der Waals surface area (Å²) in [7, 11) is 1.66. The average Bonchev–Trinajstić information content (AvgIpc) is 2.97. The number of carbonyl (C=O) groups is 2. The van der Waals surface area contributed by atoms with Crippen LogP contribution in [-0.4, -0.2) is 39.7 Å². The number of anilines is 1. The molecule has 2 amide bonds. The Balaban J connectivity index is 2.12. The van der Waals surface area contributed by atoms with Gasteiger partial charge in [-0.15, -0.1) is 10.2 Å². The molecule has 8 heteroatoms. The van der Waals surface area contributed by atoms with Crippen LogP contribution in [0.2, 0.25) is 0 Å². The molecule has 0 radical (unpaired) electrons. The Hall–Kier alpha value is -2.74. The summed E-state index contributed by atoms with van der Waals surface area (Å²) < 4.78 is 1.55. The highest BCUT2D eigenvalue weighted by Crippen LogP contribution is 2.34. The molecule has 1 aromatic carbocycles. The van der Waals surface area contributed by atoms with Crippen molar-refractivity contribution in [3.63, 3.8) is 0 Å². The molecule has 2 atom stereocenters. The standard InChI is InChI=1S/C14H16N6O2/c1-8(15)13(21)17-12-14(22)19(2)10-6-4-3-5-9(10)11-18-16-7-20(11)12/h3-8,12H,15H2,1-2H3,(H,17,21)/t8-,12?/m0/s1. The van der Waals surface area contributed by atoms with E-state index >= 15 is 0 Å². The molecule has 0 fully saturated rings. The fourth-order valence-corrected chi connectivity index (χ4v) is 2.40. The molecule has 3 rings (SSSR count). The Morgan fingerprint density at radius 2 is 2.14 bits per heavy atom. The van der Waals surface area contributed by atoms with Crippen LogP contribution in [0.4, 0.5) is 5.69 Å². The van der Waals surface area contributed by atoms with E-state index in [1.54, 1.807) is 18.5 Å². The summed E-state index contributed by atoms with van der Waals surface area (Å²) in [5.74, 6) is -0.194. The Morgan fingerprint density at radius 1 is 1.41 bits per heavy atom. The van der Waals surface area contributed by atoms with Crippen molar-refractivity contribution in [3.8, 4) is 11.4 Å². The van der Waals surface area contributed by atoms with Gasteiger partial charge in [0.2, 0.25) is 5.91 Å². The van der Waals surface area contributed by atoms with Crippen molar-refractivity contribution in [1.82, 2.24) is 20.1 Å². The summed E-state index contributed by atoms with van der Waals surface area (Å²) >= 11 is 0. The number of rotatable bonds is 2. The third kappa shape index (κ3) is 2.13. The van der Waals surface area contributed by atoms with Crippen molar-refractivity contribution in [2.75, 3.05) is 11.9 Å². The van der Waals surface area contributed by atoms with Crippen LogP contribution in [0.15, 0.2) is 30.6 Å². The van der Waals surface area contributed by atoms with Crippen LogP contribution in [0.5, 0.6) is 0 Å². The van der Waals surface area contributed by atoms with Gasteiger partial charge < -0.3 is 16.0 Å². The van der Waals surface area contributed by atoms with Crippen LogP contribution in [-0.2, 0) is 9.59 Å². The van der Waals surface area contributed by atoms with Crippen molar-refractivity contribution >= 4 is 17.5 Å². The normalized spacial score (nSPS) is 18.2. The number of aromatic nitrogens is 3. The van der Waals surface area contributed by atoms with E-state index in [9.17, 15) is 9.59 Å². The number of hydrogen-bond donors (Lipinski definition) is 2. The predicted molar refractivity (Wildman–Crippen MR) is 79.7 cm³/mol. The van der Waals surface area contributed by atoms with Gasteiger partial charge in [0, 0.05) is 12.6 Å². The number of likely N-dealkylation sites (N-methyl/N-ethyl adjacent to an activating group) is 1. The zero-order chi connectivity index (χ0) is 15.9. The molecule has 1 aliphatic rings. The smallest absolute Gasteiger partial charge is 0.270 e. The molecule has 1 aliphatic heterocycles. The maximum atomic E-state index is 12.7. The monoisotopic (exact) mass is 300 g/mol. The van der Waals surface area contributed by atoms with Crippen molar-refractivity contribution in [2.45, 2.75) is 19.1 Å². The molecule has 0 spiro atoms. The van der Waals surface area contributed by atoms with Crippen LogP contribution in [0.25, 0.3) is 11.4 Å². The molecule has 0 bridgehead atoms. The maximum absolute atomic E-state index is 12.7. The topological polar surface area (TPSA) is 106 Å². The van der Waals surface area contributed by atoms with Gasteiger partial charge >= 0.3 is 0 Å². The number of carbonyl (C=O) groups excluding carboxylic acids is 2. The first-order chi connectivity index (χ1) is 10.5. The highest BCUT2D eigenvalue weighted by molar-refractivity contribution is 6.02.